The number of aliphatic carboxylic acids is 1. The molecule has 0 aromatic rings. The molecule has 1 atom stereocenters. The third-order valence-corrected chi connectivity index (χ3v) is 2.75. The van der Waals surface area contributed by atoms with Gasteiger partial charge in [0.2, 0.25) is 0 Å². The summed E-state index contributed by atoms with van der Waals surface area (Å²) in [5, 5.41) is 17.3. The molecule has 1 fully saturated rings. The summed E-state index contributed by atoms with van der Waals surface area (Å²) in [5.41, 5.74) is 5.46. The van der Waals surface area contributed by atoms with Crippen LogP contribution in [0.3, 0.4) is 0 Å². The van der Waals surface area contributed by atoms with Crippen LogP contribution in [0.2, 0.25) is 0 Å². The molecule has 1 unspecified atom stereocenters. The Morgan fingerprint density at radius 3 is 2.62 bits per heavy atom. The van der Waals surface area contributed by atoms with E-state index in [4.69, 9.17) is 20.7 Å². The number of rotatable bonds is 6. The highest BCUT2D eigenvalue weighted by atomic mass is 16.5. The van der Waals surface area contributed by atoms with Gasteiger partial charge in [-0.1, -0.05) is 0 Å². The lowest BCUT2D eigenvalue weighted by Gasteiger charge is -2.32. The van der Waals surface area contributed by atoms with Crippen LogP contribution in [0.25, 0.3) is 0 Å². The molecule has 6 nitrogen and oxygen atoms in total. The van der Waals surface area contributed by atoms with Crippen molar-refractivity contribution in [3.8, 4) is 0 Å². The molecule has 16 heavy (non-hydrogen) atoms. The van der Waals surface area contributed by atoms with Gasteiger partial charge in [-0.3, -0.25) is 4.79 Å². The van der Waals surface area contributed by atoms with Crippen molar-refractivity contribution in [3.63, 3.8) is 0 Å². The molecule has 0 aromatic heterocycles. The molecule has 0 saturated carbocycles. The summed E-state index contributed by atoms with van der Waals surface area (Å²) in [5.74, 6) is -0.960. The van der Waals surface area contributed by atoms with E-state index in [9.17, 15) is 4.79 Å². The summed E-state index contributed by atoms with van der Waals surface area (Å²) in [7, 11) is 0. The second-order valence-corrected chi connectivity index (χ2v) is 4.04. The van der Waals surface area contributed by atoms with Gasteiger partial charge >= 0.3 is 5.97 Å². The van der Waals surface area contributed by atoms with Gasteiger partial charge in [0.05, 0.1) is 19.3 Å². The average Bonchev–Trinajstić information content (AvgIpc) is 2.28. The van der Waals surface area contributed by atoms with Gasteiger partial charge in [-0.25, -0.2) is 0 Å². The van der Waals surface area contributed by atoms with Crippen molar-refractivity contribution in [3.05, 3.63) is 0 Å². The predicted octanol–water partition coefficient (Wildman–Crippen LogP) is -1.13. The Bertz CT molecular complexity index is 217. The largest absolute Gasteiger partial charge is 0.480 e. The summed E-state index contributed by atoms with van der Waals surface area (Å²) in [6.07, 6.45) is 1.92. The molecule has 94 valence electrons. The zero-order chi connectivity index (χ0) is 12.0. The van der Waals surface area contributed by atoms with Crippen molar-refractivity contribution in [2.75, 3.05) is 32.8 Å². The van der Waals surface area contributed by atoms with E-state index in [0.717, 1.165) is 25.9 Å². The van der Waals surface area contributed by atoms with Crippen molar-refractivity contribution >= 4 is 5.97 Å². The molecule has 0 radical (unpaired) electrons. The number of carboxylic acid groups (broad SMARTS) is 1. The topological polar surface area (TPSA) is 96.0 Å². The zero-order valence-electron chi connectivity index (χ0n) is 9.34. The molecule has 0 spiro atoms. The van der Waals surface area contributed by atoms with Gasteiger partial charge in [0.15, 0.2) is 0 Å². The van der Waals surface area contributed by atoms with Crippen molar-refractivity contribution in [2.24, 2.45) is 5.73 Å². The van der Waals surface area contributed by atoms with Crippen LogP contribution in [-0.2, 0) is 9.53 Å². The smallest absolute Gasteiger partial charge is 0.321 e. The standard InChI is InChI=1S/C10H20N2O4/c11-9(10(14)15)7-12-3-1-8(2-4-12)16-6-5-13/h8-9,13H,1-7,11H2,(H,14,15). The van der Waals surface area contributed by atoms with Gasteiger partial charge in [-0.15, -0.1) is 0 Å². The van der Waals surface area contributed by atoms with Crippen LogP contribution in [0, 0.1) is 0 Å². The number of hydrogen-bond acceptors (Lipinski definition) is 5. The summed E-state index contributed by atoms with van der Waals surface area (Å²) < 4.78 is 5.41. The van der Waals surface area contributed by atoms with E-state index in [0.29, 0.717) is 13.2 Å². The molecule has 6 heteroatoms. The predicted molar refractivity (Wildman–Crippen MR) is 58.1 cm³/mol. The average molecular weight is 232 g/mol. The molecule has 1 saturated heterocycles. The Balaban J connectivity index is 2.19. The third kappa shape index (κ3) is 4.44. The normalized spacial score (nSPS) is 20.9. The molecule has 1 aliphatic heterocycles. The van der Waals surface area contributed by atoms with Crippen molar-refractivity contribution in [1.82, 2.24) is 4.90 Å². The SMILES string of the molecule is NC(CN1CCC(OCCO)CC1)C(=O)O. The number of hydrogen-bond donors (Lipinski definition) is 3. The van der Waals surface area contributed by atoms with Crippen LogP contribution in [-0.4, -0.2) is 66.1 Å². The van der Waals surface area contributed by atoms with Gasteiger partial charge in [-0.05, 0) is 12.8 Å². The molecule has 4 N–H and O–H groups in total. The maximum Gasteiger partial charge on any atom is 0.321 e. The molecule has 1 rings (SSSR count). The fourth-order valence-electron chi connectivity index (χ4n) is 1.83. The first-order valence-corrected chi connectivity index (χ1v) is 5.56. The quantitative estimate of drug-likeness (QED) is 0.536. The molecule has 0 bridgehead atoms. The van der Waals surface area contributed by atoms with E-state index in [1.165, 1.54) is 0 Å². The lowest BCUT2D eigenvalue weighted by atomic mass is 10.1. The summed E-state index contributed by atoms with van der Waals surface area (Å²) in [6.45, 7) is 2.42. The second kappa shape index (κ2) is 6.80. The lowest BCUT2D eigenvalue weighted by Crippen LogP contribution is -2.46. The minimum Gasteiger partial charge on any atom is -0.480 e. The number of likely N-dealkylation sites (tertiary alicyclic amines) is 1. The van der Waals surface area contributed by atoms with Crippen LogP contribution in [0.5, 0.6) is 0 Å². The fourth-order valence-corrected chi connectivity index (χ4v) is 1.83. The van der Waals surface area contributed by atoms with Crippen LogP contribution < -0.4 is 5.73 Å². The highest BCUT2D eigenvalue weighted by molar-refractivity contribution is 5.73. The number of carboxylic acids is 1. The zero-order valence-corrected chi connectivity index (χ0v) is 9.34. The number of aliphatic hydroxyl groups is 1. The Hall–Kier alpha value is -0.690. The first-order valence-electron chi connectivity index (χ1n) is 5.56. The monoisotopic (exact) mass is 232 g/mol. The van der Waals surface area contributed by atoms with E-state index in [1.54, 1.807) is 0 Å². The minimum atomic E-state index is -0.960. The molecule has 1 aliphatic rings. The minimum absolute atomic E-state index is 0.0457. The van der Waals surface area contributed by atoms with Gasteiger partial charge in [-0.2, -0.15) is 0 Å². The van der Waals surface area contributed by atoms with Crippen molar-refractivity contribution < 1.29 is 19.7 Å². The molecule has 0 amide bonds. The molecular formula is C10H20N2O4. The van der Waals surface area contributed by atoms with Crippen LogP contribution in [0.15, 0.2) is 0 Å². The van der Waals surface area contributed by atoms with E-state index in [2.05, 4.69) is 0 Å². The van der Waals surface area contributed by atoms with Gasteiger partial charge in [0, 0.05) is 19.6 Å². The summed E-state index contributed by atoms with van der Waals surface area (Å²) in [6, 6.07) is -0.810. The first-order chi connectivity index (χ1) is 7.63. The number of carbonyl (C=O) groups is 1. The molecule has 0 aromatic carbocycles. The maximum atomic E-state index is 10.6. The van der Waals surface area contributed by atoms with Crippen LogP contribution >= 0.6 is 0 Å². The van der Waals surface area contributed by atoms with Crippen LogP contribution in [0.1, 0.15) is 12.8 Å². The lowest BCUT2D eigenvalue weighted by molar-refractivity contribution is -0.139. The van der Waals surface area contributed by atoms with E-state index >= 15 is 0 Å². The molecule has 1 heterocycles. The van der Waals surface area contributed by atoms with Crippen molar-refractivity contribution in [2.45, 2.75) is 25.0 Å². The van der Waals surface area contributed by atoms with Crippen molar-refractivity contribution in [1.29, 1.82) is 0 Å². The highest BCUT2D eigenvalue weighted by Crippen LogP contribution is 2.13. The fraction of sp³-hybridized carbons (Fsp3) is 0.900. The number of nitrogens with two attached hydrogens (primary N) is 1. The second-order valence-electron chi connectivity index (χ2n) is 4.04. The van der Waals surface area contributed by atoms with E-state index in [1.807, 2.05) is 4.90 Å². The summed E-state index contributed by atoms with van der Waals surface area (Å²) >= 11 is 0. The van der Waals surface area contributed by atoms with Gasteiger partial charge in [0.25, 0.3) is 0 Å². The Morgan fingerprint density at radius 2 is 2.12 bits per heavy atom. The molecule has 0 aliphatic carbocycles. The van der Waals surface area contributed by atoms with E-state index < -0.39 is 12.0 Å². The molecular weight excluding hydrogens is 212 g/mol. The Kier molecular flexibility index (Phi) is 5.68. The number of ether oxygens (including phenoxy) is 1. The van der Waals surface area contributed by atoms with Gasteiger partial charge < -0.3 is 25.6 Å². The van der Waals surface area contributed by atoms with E-state index in [-0.39, 0.29) is 12.7 Å². The Morgan fingerprint density at radius 1 is 1.50 bits per heavy atom. The Labute approximate surface area is 95.0 Å². The van der Waals surface area contributed by atoms with Crippen LogP contribution in [0.4, 0.5) is 0 Å². The summed E-state index contributed by atoms with van der Waals surface area (Å²) in [4.78, 5) is 12.6. The number of piperidine rings is 1. The van der Waals surface area contributed by atoms with Gasteiger partial charge in [0.1, 0.15) is 6.04 Å². The number of aliphatic hydroxyl groups excluding tert-OH is 1. The first kappa shape index (κ1) is 13.4. The number of nitrogens with zero attached hydrogens (tertiary/aromatic N) is 1. The third-order valence-electron chi connectivity index (χ3n) is 2.75. The highest BCUT2D eigenvalue weighted by Gasteiger charge is 2.22. The maximum absolute atomic E-state index is 10.6.